The first-order chi connectivity index (χ1) is 14.9. The normalized spacial score (nSPS) is 14.5. The molecule has 31 heavy (non-hydrogen) atoms. The highest BCUT2D eigenvalue weighted by Gasteiger charge is 2.23. The number of aryl methyl sites for hydroxylation is 1. The van der Waals surface area contributed by atoms with Crippen LogP contribution < -0.4 is 4.72 Å². The van der Waals surface area contributed by atoms with E-state index in [1.54, 1.807) is 53.3 Å². The van der Waals surface area contributed by atoms with Gasteiger partial charge < -0.3 is 9.80 Å². The van der Waals surface area contributed by atoms with Gasteiger partial charge in [0.25, 0.3) is 15.9 Å². The average molecular weight is 439 g/mol. The number of carbonyl (C=O) groups excluding carboxylic acids is 2. The Bertz CT molecular complexity index is 1250. The van der Waals surface area contributed by atoms with E-state index in [0.717, 1.165) is 11.8 Å². The topological polar surface area (TPSA) is 99.7 Å². The highest BCUT2D eigenvalue weighted by Crippen LogP contribution is 2.25. The number of aromatic nitrogens is 1. The Hall–Kier alpha value is -3.46. The summed E-state index contributed by atoms with van der Waals surface area (Å²) in [5.41, 5.74) is 1.91. The van der Waals surface area contributed by atoms with Gasteiger partial charge in [0.1, 0.15) is 4.90 Å². The lowest BCUT2D eigenvalue weighted by atomic mass is 10.1. The minimum Gasteiger partial charge on any atom is -0.342 e. The van der Waals surface area contributed by atoms with Crippen molar-refractivity contribution in [1.82, 2.24) is 14.8 Å². The molecule has 2 amide bonds. The Kier molecular flexibility index (Phi) is 5.60. The van der Waals surface area contributed by atoms with E-state index < -0.39 is 10.0 Å². The van der Waals surface area contributed by atoms with Crippen LogP contribution in [0.2, 0.25) is 0 Å². The molecule has 1 aliphatic heterocycles. The largest absolute Gasteiger partial charge is 0.342 e. The van der Waals surface area contributed by atoms with Crippen molar-refractivity contribution in [1.29, 1.82) is 0 Å². The van der Waals surface area contributed by atoms with Crippen LogP contribution >= 0.6 is 0 Å². The fraction of sp³-hybridized carbons (Fsp3) is 0.227. The fourth-order valence-electron chi connectivity index (χ4n) is 3.62. The number of para-hydroxylation sites is 1. The molecule has 0 saturated carbocycles. The zero-order valence-electron chi connectivity index (χ0n) is 17.0. The summed E-state index contributed by atoms with van der Waals surface area (Å²) in [6, 6.07) is 13.4. The van der Waals surface area contributed by atoms with E-state index in [2.05, 4.69) is 9.71 Å². The molecular weight excluding hydrogens is 416 g/mol. The van der Waals surface area contributed by atoms with E-state index in [4.69, 9.17) is 0 Å². The van der Waals surface area contributed by atoms with Gasteiger partial charge in [-0.05, 0) is 42.8 Å². The van der Waals surface area contributed by atoms with Crippen LogP contribution in [0.4, 0.5) is 5.69 Å². The zero-order chi connectivity index (χ0) is 22.0. The maximum absolute atomic E-state index is 13.0. The smallest absolute Gasteiger partial charge is 0.264 e. The highest BCUT2D eigenvalue weighted by atomic mass is 32.2. The Morgan fingerprint density at radius 1 is 1.06 bits per heavy atom. The number of amides is 2. The van der Waals surface area contributed by atoms with Crippen molar-refractivity contribution >= 4 is 38.9 Å². The third-order valence-electron chi connectivity index (χ3n) is 5.35. The Morgan fingerprint density at radius 2 is 1.81 bits per heavy atom. The van der Waals surface area contributed by atoms with Crippen molar-refractivity contribution in [3.8, 4) is 0 Å². The number of nitrogens with one attached hydrogen (secondary N) is 1. The number of carbonyl (C=O) groups is 2. The molecule has 0 unspecified atom stereocenters. The van der Waals surface area contributed by atoms with Crippen molar-refractivity contribution in [2.45, 2.75) is 11.8 Å². The van der Waals surface area contributed by atoms with Gasteiger partial charge in [0.15, 0.2) is 0 Å². The molecule has 1 N–H and O–H groups in total. The summed E-state index contributed by atoms with van der Waals surface area (Å²) < 4.78 is 28.7. The zero-order valence-corrected chi connectivity index (χ0v) is 17.8. The van der Waals surface area contributed by atoms with Crippen LogP contribution in [0, 0.1) is 6.92 Å². The molecule has 0 aliphatic carbocycles. The second kappa shape index (κ2) is 8.35. The second-order valence-corrected chi connectivity index (χ2v) is 9.05. The van der Waals surface area contributed by atoms with Crippen LogP contribution in [0.25, 0.3) is 10.9 Å². The standard InChI is InChI=1S/C22H22N4O4S/c1-16-14-18(22(28)26-12-10-25(15-27)11-13-26)7-8-19(16)24-31(29,30)20-6-2-4-17-5-3-9-23-21(17)20/h2-9,14-15,24H,10-13H2,1H3. The number of piperazine rings is 1. The number of fused-ring (bicyclic) bond motifs is 1. The molecule has 0 radical (unpaired) electrons. The monoisotopic (exact) mass is 438 g/mol. The summed E-state index contributed by atoms with van der Waals surface area (Å²) >= 11 is 0. The summed E-state index contributed by atoms with van der Waals surface area (Å²) in [6.07, 6.45) is 2.35. The number of hydrogen-bond acceptors (Lipinski definition) is 5. The van der Waals surface area contributed by atoms with Gasteiger partial charge >= 0.3 is 0 Å². The minimum absolute atomic E-state index is 0.0956. The van der Waals surface area contributed by atoms with Crippen LogP contribution in [-0.2, 0) is 14.8 Å². The number of pyridine rings is 1. The van der Waals surface area contributed by atoms with Gasteiger partial charge in [-0.3, -0.25) is 19.3 Å². The molecule has 2 heterocycles. The van der Waals surface area contributed by atoms with Gasteiger partial charge in [-0.15, -0.1) is 0 Å². The maximum atomic E-state index is 13.0. The van der Waals surface area contributed by atoms with Gasteiger partial charge in [-0.2, -0.15) is 0 Å². The molecule has 8 nitrogen and oxygen atoms in total. The number of anilines is 1. The fourth-order valence-corrected chi connectivity index (χ4v) is 4.93. The molecule has 1 aromatic heterocycles. The molecule has 0 bridgehead atoms. The lowest BCUT2D eigenvalue weighted by Crippen LogP contribution is -2.48. The first-order valence-electron chi connectivity index (χ1n) is 9.85. The predicted molar refractivity (Wildman–Crippen MR) is 117 cm³/mol. The van der Waals surface area contributed by atoms with Crippen molar-refractivity contribution in [2.24, 2.45) is 0 Å². The van der Waals surface area contributed by atoms with E-state index >= 15 is 0 Å². The van der Waals surface area contributed by atoms with Crippen molar-refractivity contribution in [3.05, 3.63) is 65.9 Å². The van der Waals surface area contributed by atoms with Crippen molar-refractivity contribution < 1.29 is 18.0 Å². The van der Waals surface area contributed by atoms with Crippen molar-refractivity contribution in [3.63, 3.8) is 0 Å². The van der Waals surface area contributed by atoms with Gasteiger partial charge in [0, 0.05) is 43.3 Å². The molecule has 1 aliphatic rings. The van der Waals surface area contributed by atoms with E-state index in [9.17, 15) is 18.0 Å². The lowest BCUT2D eigenvalue weighted by Gasteiger charge is -2.32. The minimum atomic E-state index is -3.87. The van der Waals surface area contributed by atoms with E-state index in [1.807, 2.05) is 12.1 Å². The van der Waals surface area contributed by atoms with Crippen LogP contribution in [-0.4, -0.2) is 61.7 Å². The summed E-state index contributed by atoms with van der Waals surface area (Å²) in [5, 5.41) is 0.734. The third kappa shape index (κ3) is 4.22. The molecule has 9 heteroatoms. The third-order valence-corrected chi connectivity index (χ3v) is 6.75. The number of hydrogen-bond donors (Lipinski definition) is 1. The molecular formula is C22H22N4O4S. The number of rotatable bonds is 5. The summed E-state index contributed by atoms with van der Waals surface area (Å²) in [7, 11) is -3.87. The van der Waals surface area contributed by atoms with Gasteiger partial charge in [-0.25, -0.2) is 8.42 Å². The molecule has 0 atom stereocenters. The summed E-state index contributed by atoms with van der Waals surface area (Å²) in [5.74, 6) is -0.138. The molecule has 160 valence electrons. The molecule has 4 rings (SSSR count). The maximum Gasteiger partial charge on any atom is 0.264 e. The summed E-state index contributed by atoms with van der Waals surface area (Å²) in [4.78, 5) is 31.3. The Labute approximate surface area is 180 Å². The molecule has 1 saturated heterocycles. The first-order valence-corrected chi connectivity index (χ1v) is 11.3. The van der Waals surface area contributed by atoms with Gasteiger partial charge in [-0.1, -0.05) is 18.2 Å². The van der Waals surface area contributed by atoms with Crippen molar-refractivity contribution in [2.75, 3.05) is 30.9 Å². The highest BCUT2D eigenvalue weighted by molar-refractivity contribution is 7.93. The Morgan fingerprint density at radius 3 is 2.52 bits per heavy atom. The van der Waals surface area contributed by atoms with E-state index in [1.165, 1.54) is 6.07 Å². The Balaban J connectivity index is 1.56. The predicted octanol–water partition coefficient (Wildman–Crippen LogP) is 2.26. The lowest BCUT2D eigenvalue weighted by molar-refractivity contribution is -0.119. The van der Waals surface area contributed by atoms with Crippen LogP contribution in [0.15, 0.2) is 59.6 Å². The SMILES string of the molecule is Cc1cc(C(=O)N2CCN(C=O)CC2)ccc1NS(=O)(=O)c1cccc2cccnc12. The van der Waals surface area contributed by atoms with Crippen LogP contribution in [0.5, 0.6) is 0 Å². The van der Waals surface area contributed by atoms with E-state index in [0.29, 0.717) is 48.5 Å². The number of nitrogens with zero attached hydrogens (tertiary/aromatic N) is 3. The number of sulfonamides is 1. The van der Waals surface area contributed by atoms with Gasteiger partial charge in [0.2, 0.25) is 6.41 Å². The molecule has 3 aromatic rings. The molecule has 0 spiro atoms. The molecule has 1 fully saturated rings. The number of benzene rings is 2. The summed E-state index contributed by atoms with van der Waals surface area (Å²) in [6.45, 7) is 3.70. The first kappa shape index (κ1) is 20.8. The van der Waals surface area contributed by atoms with E-state index in [-0.39, 0.29) is 10.8 Å². The average Bonchev–Trinajstić information content (AvgIpc) is 2.79. The quantitative estimate of drug-likeness (QED) is 0.616. The second-order valence-electron chi connectivity index (χ2n) is 7.40. The van der Waals surface area contributed by atoms with Crippen LogP contribution in [0.1, 0.15) is 15.9 Å². The van der Waals surface area contributed by atoms with Crippen LogP contribution in [0.3, 0.4) is 0 Å². The molecule has 2 aromatic carbocycles. The van der Waals surface area contributed by atoms with Gasteiger partial charge in [0.05, 0.1) is 11.2 Å².